The summed E-state index contributed by atoms with van der Waals surface area (Å²) in [5.41, 5.74) is 3.54. The van der Waals surface area contributed by atoms with Gasteiger partial charge in [-0.25, -0.2) is 0 Å². The number of aromatic hydroxyl groups is 1. The summed E-state index contributed by atoms with van der Waals surface area (Å²) in [6.45, 7) is 4.93. The molecule has 110 valence electrons. The third kappa shape index (κ3) is 2.95. The Bertz CT molecular complexity index is 484. The lowest BCUT2D eigenvalue weighted by atomic mass is 9.98. The molecule has 1 fully saturated rings. The molecule has 1 heterocycles. The maximum Gasteiger partial charge on any atom is 0.138 e. The number of piperazine rings is 1. The molecule has 0 amide bonds. The van der Waals surface area contributed by atoms with Gasteiger partial charge < -0.3 is 10.4 Å². The molecule has 2 aliphatic rings. The first-order valence-electron chi connectivity index (χ1n) is 7.71. The molecule has 1 aliphatic heterocycles. The van der Waals surface area contributed by atoms with Crippen LogP contribution in [0.15, 0.2) is 6.07 Å². The van der Waals surface area contributed by atoms with Gasteiger partial charge in [-0.1, -0.05) is 24.1 Å². The molecule has 20 heavy (non-hydrogen) atoms. The summed E-state index contributed by atoms with van der Waals surface area (Å²) in [4.78, 5) is 2.38. The minimum Gasteiger partial charge on any atom is -0.506 e. The van der Waals surface area contributed by atoms with Gasteiger partial charge in [0.1, 0.15) is 5.75 Å². The quantitative estimate of drug-likeness (QED) is 0.823. The van der Waals surface area contributed by atoms with E-state index in [1.54, 1.807) is 0 Å². The molecule has 2 N–H and O–H groups in total. The molecule has 1 aromatic carbocycles. The monoisotopic (exact) mass is 294 g/mol. The van der Waals surface area contributed by atoms with Crippen molar-refractivity contribution in [1.82, 2.24) is 10.2 Å². The number of benzene rings is 1. The van der Waals surface area contributed by atoms with Crippen LogP contribution < -0.4 is 5.32 Å². The van der Waals surface area contributed by atoms with E-state index >= 15 is 0 Å². The molecule has 0 spiro atoms. The molecular weight excluding hydrogens is 272 g/mol. The lowest BCUT2D eigenvalue weighted by Crippen LogP contribution is -2.42. The number of fused-ring (bicyclic) bond motifs is 1. The lowest BCUT2D eigenvalue weighted by Gasteiger charge is -2.28. The number of phenolic OH excluding ortho intramolecular Hbond substituents is 1. The van der Waals surface area contributed by atoms with Gasteiger partial charge >= 0.3 is 0 Å². The summed E-state index contributed by atoms with van der Waals surface area (Å²) in [5.74, 6) is 0.311. The van der Waals surface area contributed by atoms with E-state index in [0.717, 1.165) is 51.1 Å². The first kappa shape index (κ1) is 14.2. The Balaban J connectivity index is 1.86. The van der Waals surface area contributed by atoms with Crippen LogP contribution in [0.3, 0.4) is 0 Å². The van der Waals surface area contributed by atoms with E-state index in [2.05, 4.69) is 16.3 Å². The van der Waals surface area contributed by atoms with Crippen LogP contribution in [-0.4, -0.2) is 36.2 Å². The normalized spacial score (nSPS) is 20.4. The van der Waals surface area contributed by atoms with Gasteiger partial charge in [0.2, 0.25) is 0 Å². The topological polar surface area (TPSA) is 35.5 Å². The fourth-order valence-corrected chi connectivity index (χ4v) is 3.65. The Hall–Kier alpha value is -0.770. The van der Waals surface area contributed by atoms with Gasteiger partial charge in [-0.05, 0) is 36.8 Å². The van der Waals surface area contributed by atoms with Crippen LogP contribution >= 0.6 is 11.6 Å². The molecule has 0 atom stereocenters. The van der Waals surface area contributed by atoms with Gasteiger partial charge in [-0.3, -0.25) is 4.90 Å². The Kier molecular flexibility index (Phi) is 4.49. The van der Waals surface area contributed by atoms with E-state index in [9.17, 15) is 5.11 Å². The molecule has 4 heteroatoms. The summed E-state index contributed by atoms with van der Waals surface area (Å²) in [5, 5.41) is 14.4. The highest BCUT2D eigenvalue weighted by Crippen LogP contribution is 2.37. The first-order chi connectivity index (χ1) is 9.75. The summed E-state index contributed by atoms with van der Waals surface area (Å²) < 4.78 is 0. The molecule has 1 saturated heterocycles. The number of nitrogens with one attached hydrogen (secondary N) is 1. The number of halogens is 1. The van der Waals surface area contributed by atoms with Gasteiger partial charge in [0, 0.05) is 38.3 Å². The molecule has 0 radical (unpaired) electrons. The van der Waals surface area contributed by atoms with Crippen LogP contribution in [0.2, 0.25) is 5.02 Å². The van der Waals surface area contributed by atoms with Crippen molar-refractivity contribution in [2.24, 2.45) is 0 Å². The Morgan fingerprint density at radius 2 is 1.90 bits per heavy atom. The maximum absolute atomic E-state index is 10.4. The predicted octanol–water partition coefficient (Wildman–Crippen LogP) is 2.72. The van der Waals surface area contributed by atoms with Crippen molar-refractivity contribution in [3.63, 3.8) is 0 Å². The number of rotatable bonds is 2. The standard InChI is InChI=1S/C16H23ClN2O/c17-15-14-5-3-1-2-4-12(14)10-13(16(15)20)11-19-8-6-18-7-9-19/h10,18,20H,1-9,11H2. The summed E-state index contributed by atoms with van der Waals surface area (Å²) in [7, 11) is 0. The fourth-order valence-electron chi connectivity index (χ4n) is 3.31. The summed E-state index contributed by atoms with van der Waals surface area (Å²) in [6.07, 6.45) is 5.79. The highest BCUT2D eigenvalue weighted by atomic mass is 35.5. The molecule has 1 aliphatic carbocycles. The van der Waals surface area contributed by atoms with Gasteiger partial charge in [0.25, 0.3) is 0 Å². The molecule has 0 saturated carbocycles. The second-order valence-electron chi connectivity index (χ2n) is 5.92. The molecule has 0 bridgehead atoms. The number of phenols is 1. The van der Waals surface area contributed by atoms with E-state index in [4.69, 9.17) is 11.6 Å². The molecule has 0 aromatic heterocycles. The zero-order valence-corrected chi connectivity index (χ0v) is 12.7. The van der Waals surface area contributed by atoms with E-state index in [1.165, 1.54) is 30.4 Å². The average Bonchev–Trinajstić information content (AvgIpc) is 2.71. The Morgan fingerprint density at radius 3 is 2.70 bits per heavy atom. The van der Waals surface area contributed by atoms with Gasteiger partial charge in [-0.15, -0.1) is 0 Å². The van der Waals surface area contributed by atoms with Crippen molar-refractivity contribution >= 4 is 11.6 Å². The SMILES string of the molecule is Oc1c(CN2CCNCC2)cc2c(c1Cl)CCCCC2. The predicted molar refractivity (Wildman–Crippen MR) is 82.5 cm³/mol. The smallest absolute Gasteiger partial charge is 0.138 e. The Morgan fingerprint density at radius 1 is 1.15 bits per heavy atom. The van der Waals surface area contributed by atoms with Crippen molar-refractivity contribution in [3.8, 4) is 5.75 Å². The molecule has 1 aromatic rings. The number of aryl methyl sites for hydroxylation is 1. The number of nitrogens with zero attached hydrogens (tertiary/aromatic N) is 1. The fraction of sp³-hybridized carbons (Fsp3) is 0.625. The van der Waals surface area contributed by atoms with Crippen LogP contribution in [0.25, 0.3) is 0 Å². The molecule has 3 nitrogen and oxygen atoms in total. The largest absolute Gasteiger partial charge is 0.506 e. The van der Waals surface area contributed by atoms with Crippen LogP contribution in [0.4, 0.5) is 0 Å². The minimum absolute atomic E-state index is 0.311. The number of hydrogen-bond acceptors (Lipinski definition) is 3. The van der Waals surface area contributed by atoms with E-state index in [1.807, 2.05) is 0 Å². The van der Waals surface area contributed by atoms with E-state index < -0.39 is 0 Å². The summed E-state index contributed by atoms with van der Waals surface area (Å²) in [6, 6.07) is 2.20. The second kappa shape index (κ2) is 6.33. The van der Waals surface area contributed by atoms with Crippen LogP contribution in [0.5, 0.6) is 5.75 Å². The highest BCUT2D eigenvalue weighted by molar-refractivity contribution is 6.33. The molecule has 3 rings (SSSR count). The van der Waals surface area contributed by atoms with Gasteiger partial charge in [0.05, 0.1) is 5.02 Å². The second-order valence-corrected chi connectivity index (χ2v) is 6.30. The van der Waals surface area contributed by atoms with Crippen LogP contribution in [0.1, 0.15) is 36.0 Å². The number of hydrogen-bond donors (Lipinski definition) is 2. The third-order valence-electron chi connectivity index (χ3n) is 4.49. The van der Waals surface area contributed by atoms with Gasteiger partial charge in [0.15, 0.2) is 0 Å². The third-order valence-corrected chi connectivity index (χ3v) is 4.90. The van der Waals surface area contributed by atoms with Crippen molar-refractivity contribution in [2.45, 2.75) is 38.6 Å². The zero-order chi connectivity index (χ0) is 13.9. The lowest BCUT2D eigenvalue weighted by molar-refractivity contribution is 0.230. The molecular formula is C16H23ClN2O. The van der Waals surface area contributed by atoms with Crippen LogP contribution in [0, 0.1) is 0 Å². The minimum atomic E-state index is 0.311. The Labute approximate surface area is 125 Å². The van der Waals surface area contributed by atoms with Gasteiger partial charge in [-0.2, -0.15) is 0 Å². The van der Waals surface area contributed by atoms with E-state index in [-0.39, 0.29) is 0 Å². The van der Waals surface area contributed by atoms with E-state index in [0.29, 0.717) is 10.8 Å². The highest BCUT2D eigenvalue weighted by Gasteiger charge is 2.20. The van der Waals surface area contributed by atoms with Crippen molar-refractivity contribution in [2.75, 3.05) is 26.2 Å². The van der Waals surface area contributed by atoms with Crippen molar-refractivity contribution in [3.05, 3.63) is 27.8 Å². The average molecular weight is 295 g/mol. The zero-order valence-electron chi connectivity index (χ0n) is 11.9. The van der Waals surface area contributed by atoms with Crippen LogP contribution in [-0.2, 0) is 19.4 Å². The first-order valence-corrected chi connectivity index (χ1v) is 8.08. The maximum atomic E-state index is 10.4. The summed E-state index contributed by atoms with van der Waals surface area (Å²) >= 11 is 6.43. The van der Waals surface area contributed by atoms with Crippen molar-refractivity contribution < 1.29 is 5.11 Å². The van der Waals surface area contributed by atoms with Crippen molar-refractivity contribution in [1.29, 1.82) is 0 Å². The molecule has 0 unspecified atom stereocenters.